The molecule has 3 aromatic rings. The summed E-state index contributed by atoms with van der Waals surface area (Å²) in [6.45, 7) is 7.39. The molecule has 0 aliphatic carbocycles. The van der Waals surface area contributed by atoms with Crippen molar-refractivity contribution >= 4 is 0 Å². The number of likely N-dealkylation sites (N-methyl/N-ethyl adjacent to an activating group) is 2. The minimum absolute atomic E-state index is 0. The van der Waals surface area contributed by atoms with Crippen LogP contribution in [0.25, 0.3) is 0 Å². The zero-order valence-electron chi connectivity index (χ0n) is 25.9. The van der Waals surface area contributed by atoms with Gasteiger partial charge in [-0.2, -0.15) is 0 Å². The first-order chi connectivity index (χ1) is 20.6. The Kier molecular flexibility index (Phi) is 29.6. The maximum atomic E-state index is 13.3. The number of aromatic nitrogens is 2. The molecule has 0 unspecified atom stereocenters. The van der Waals surface area contributed by atoms with Crippen molar-refractivity contribution < 1.29 is 58.8 Å². The molecule has 266 valence electrons. The largest absolute Gasteiger partial charge is 2.00 e. The third-order valence-corrected chi connectivity index (χ3v) is 5.76. The Bertz CT molecular complexity index is 1170. The van der Waals surface area contributed by atoms with Crippen molar-refractivity contribution in [3.63, 3.8) is 0 Å². The molecular formula is C27H37N7Ni2O11. The number of benzene rings is 1. The van der Waals surface area contributed by atoms with E-state index in [0.717, 1.165) is 48.4 Å². The van der Waals surface area contributed by atoms with E-state index in [4.69, 9.17) is 46.0 Å². The van der Waals surface area contributed by atoms with Crippen molar-refractivity contribution in [3.05, 3.63) is 135 Å². The first-order valence-corrected chi connectivity index (χ1v) is 13.1. The van der Waals surface area contributed by atoms with Gasteiger partial charge in [0.05, 0.1) is 15.3 Å². The molecule has 2 aromatic heterocycles. The Morgan fingerprint density at radius 2 is 1.00 bits per heavy atom. The molecule has 0 radical (unpaired) electrons. The Morgan fingerprint density at radius 3 is 1.26 bits per heavy atom. The maximum Gasteiger partial charge on any atom is 2.00 e. The van der Waals surface area contributed by atoms with Gasteiger partial charge >= 0.3 is 33.0 Å². The third-order valence-electron chi connectivity index (χ3n) is 5.76. The second kappa shape index (κ2) is 28.0. The van der Waals surface area contributed by atoms with Gasteiger partial charge in [0, 0.05) is 62.8 Å². The smallest absolute Gasteiger partial charge is 0.872 e. The summed E-state index contributed by atoms with van der Waals surface area (Å²) < 4.78 is 0. The predicted octanol–water partition coefficient (Wildman–Crippen LogP) is 2.48. The number of hydrogen-bond donors (Lipinski definition) is 0. The molecule has 20 heteroatoms. The second-order valence-electron chi connectivity index (χ2n) is 9.61. The molecule has 1 aromatic carbocycles. The van der Waals surface area contributed by atoms with Crippen LogP contribution in [0.15, 0.2) is 60.9 Å². The van der Waals surface area contributed by atoms with Gasteiger partial charge in [0.15, 0.2) is 0 Å². The van der Waals surface area contributed by atoms with Crippen molar-refractivity contribution in [2.75, 3.05) is 27.2 Å². The van der Waals surface area contributed by atoms with Gasteiger partial charge in [-0.15, -0.1) is 0 Å². The summed E-state index contributed by atoms with van der Waals surface area (Å²) in [5.41, 5.74) is 5.15. The van der Waals surface area contributed by atoms with E-state index in [1.165, 1.54) is 5.56 Å². The first-order valence-electron chi connectivity index (χ1n) is 13.1. The Hall–Kier alpha value is -4.21. The van der Waals surface area contributed by atoms with E-state index in [2.05, 4.69) is 59.8 Å². The summed E-state index contributed by atoms with van der Waals surface area (Å²) in [7, 11) is 4.15. The summed E-state index contributed by atoms with van der Waals surface area (Å²) in [4.78, 5) is 38.0. The summed E-state index contributed by atoms with van der Waals surface area (Å²) in [6, 6.07) is 16.2. The van der Waals surface area contributed by atoms with Gasteiger partial charge in [0.2, 0.25) is 0 Å². The monoisotopic (exact) mass is 751 g/mol. The Labute approximate surface area is 291 Å². The van der Waals surface area contributed by atoms with Crippen LogP contribution in [0, 0.1) is 46.0 Å². The third kappa shape index (κ3) is 26.7. The van der Waals surface area contributed by atoms with E-state index in [0.29, 0.717) is 19.0 Å². The molecule has 0 saturated carbocycles. The van der Waals surface area contributed by atoms with Crippen LogP contribution < -0.4 is 5.11 Å². The summed E-state index contributed by atoms with van der Waals surface area (Å²) in [5.74, 6) is 0.550. The van der Waals surface area contributed by atoms with E-state index >= 15 is 0 Å². The van der Waals surface area contributed by atoms with Gasteiger partial charge in [-0.25, -0.2) is 0 Å². The average molecular weight is 753 g/mol. The van der Waals surface area contributed by atoms with Gasteiger partial charge in [-0.1, -0.05) is 43.9 Å². The number of rotatable bonds is 11. The molecule has 0 aliphatic heterocycles. The molecule has 47 heavy (non-hydrogen) atoms. The van der Waals surface area contributed by atoms with E-state index in [9.17, 15) is 5.11 Å². The normalized spacial score (nSPS) is 9.43. The molecule has 0 bridgehead atoms. The molecule has 0 atom stereocenters. The van der Waals surface area contributed by atoms with Gasteiger partial charge in [-0.3, -0.25) is 9.97 Å². The van der Waals surface area contributed by atoms with Crippen LogP contribution in [-0.4, -0.2) is 67.7 Å². The maximum absolute atomic E-state index is 13.3. The number of nitrogens with zero attached hydrogens (tertiary/aromatic N) is 7. The van der Waals surface area contributed by atoms with Gasteiger partial charge in [0.25, 0.3) is 0 Å². The van der Waals surface area contributed by atoms with Crippen LogP contribution in [0.5, 0.6) is 5.75 Å². The van der Waals surface area contributed by atoms with Crippen molar-refractivity contribution in [1.82, 2.24) is 19.8 Å². The summed E-state index contributed by atoms with van der Waals surface area (Å²) >= 11 is 0. The van der Waals surface area contributed by atoms with Crippen LogP contribution in [0.2, 0.25) is 0 Å². The molecule has 2 heterocycles. The molecule has 18 nitrogen and oxygen atoms in total. The van der Waals surface area contributed by atoms with Crippen LogP contribution >= 0.6 is 0 Å². The fraction of sp³-hybridized carbons (Fsp3) is 0.407. The molecule has 3 rings (SSSR count). The van der Waals surface area contributed by atoms with Crippen molar-refractivity contribution in [2.45, 2.75) is 45.7 Å². The van der Waals surface area contributed by atoms with E-state index < -0.39 is 15.3 Å². The second-order valence-corrected chi connectivity index (χ2v) is 9.61. The van der Waals surface area contributed by atoms with Crippen LogP contribution in [-0.2, 0) is 58.9 Å². The fourth-order valence-corrected chi connectivity index (χ4v) is 3.79. The SMILES string of the molecule is CC(C)c1cc(CN(C)CCc2ccccn2)c([O-])c(CN(C)CCc2ccccn2)c1.O.O=[N+]([O-])[O-].O=[N+]([O-])[O-].O=[N+]([O-])[O-].[Ni+2].[Ni+2]. The Morgan fingerprint density at radius 1 is 0.681 bits per heavy atom. The minimum Gasteiger partial charge on any atom is -0.872 e. The Balaban J connectivity index is -0.000000532. The number of hydrogen-bond acceptors (Lipinski definition) is 14. The zero-order chi connectivity index (χ0) is 33.7. The van der Waals surface area contributed by atoms with Crippen LogP contribution in [0.1, 0.15) is 47.8 Å². The standard InChI is InChI=1S/C27H36N4O.3NO3.2Ni.H2O/c1-21(2)22-17-23(19-30(3)15-11-25-9-5-7-13-28-25)27(32)24(18-22)20-31(4)16-12-26-10-6-8-14-29-26;3*2-1(3)4;;;/h5-10,13-14,17-18,21,32H,11-12,15-16,19-20H2,1-4H3;;;;;;1H2/q;3*-1;2*+2;/p-1. The van der Waals surface area contributed by atoms with Gasteiger partial charge in [-0.05, 0) is 61.0 Å². The van der Waals surface area contributed by atoms with Gasteiger partial charge < -0.3 is 66.3 Å². The average Bonchev–Trinajstić information content (AvgIpc) is 2.93. The molecule has 0 fully saturated rings. The molecular weight excluding hydrogens is 716 g/mol. The van der Waals surface area contributed by atoms with E-state index in [1.54, 1.807) is 0 Å². The zero-order valence-corrected chi connectivity index (χ0v) is 27.9. The summed E-state index contributed by atoms with van der Waals surface area (Å²) in [5, 5.41) is 57.5. The molecule has 0 saturated heterocycles. The molecule has 0 amide bonds. The molecule has 0 aliphatic rings. The van der Waals surface area contributed by atoms with Crippen LogP contribution in [0.4, 0.5) is 0 Å². The van der Waals surface area contributed by atoms with Gasteiger partial charge in [0.1, 0.15) is 0 Å². The van der Waals surface area contributed by atoms with Crippen molar-refractivity contribution in [1.29, 1.82) is 0 Å². The van der Waals surface area contributed by atoms with Crippen molar-refractivity contribution in [2.24, 2.45) is 0 Å². The first kappa shape index (κ1) is 49.7. The van der Waals surface area contributed by atoms with Crippen LogP contribution in [0.3, 0.4) is 0 Å². The topological polar surface area (TPSA) is 285 Å². The van der Waals surface area contributed by atoms with E-state index in [1.807, 2.05) is 48.8 Å². The van der Waals surface area contributed by atoms with Crippen molar-refractivity contribution in [3.8, 4) is 5.75 Å². The van der Waals surface area contributed by atoms with E-state index in [-0.39, 0.29) is 44.2 Å². The minimum atomic E-state index is -1.75. The summed E-state index contributed by atoms with van der Waals surface area (Å²) in [6.07, 6.45) is 5.40. The fourth-order valence-electron chi connectivity index (χ4n) is 3.79. The quantitative estimate of drug-likeness (QED) is 0.154. The number of pyridine rings is 2. The molecule has 2 N–H and O–H groups in total. The molecule has 0 spiro atoms. The predicted molar refractivity (Wildman–Crippen MR) is 163 cm³/mol.